The normalized spacial score (nSPS) is 12.6. The summed E-state index contributed by atoms with van der Waals surface area (Å²) in [5.41, 5.74) is -1.43. The fourth-order valence-electron chi connectivity index (χ4n) is 4.31. The molecule has 3 rings (SSSR count). The van der Waals surface area contributed by atoms with Gasteiger partial charge in [0.1, 0.15) is 12.6 Å². The zero-order valence-electron chi connectivity index (χ0n) is 24.0. The molecule has 7 nitrogen and oxygen atoms in total. The molecule has 0 saturated carbocycles. The highest BCUT2D eigenvalue weighted by atomic mass is 35.5. The number of anilines is 1. The Labute approximate surface area is 269 Å². The summed E-state index contributed by atoms with van der Waals surface area (Å²) in [6, 6.07) is 12.7. The first-order chi connectivity index (χ1) is 20.6. The maximum absolute atomic E-state index is 14.2. The second-order valence-electron chi connectivity index (χ2n) is 10.3. The van der Waals surface area contributed by atoms with Crippen LogP contribution >= 0.6 is 34.8 Å². The van der Waals surface area contributed by atoms with Crippen LogP contribution in [0.25, 0.3) is 0 Å². The highest BCUT2D eigenvalue weighted by Gasteiger charge is 2.37. The summed E-state index contributed by atoms with van der Waals surface area (Å²) >= 11 is 19.1. The number of hydrogen-bond donors (Lipinski definition) is 1. The molecule has 0 aliphatic rings. The van der Waals surface area contributed by atoms with Crippen molar-refractivity contribution in [3.8, 4) is 0 Å². The van der Waals surface area contributed by atoms with Crippen LogP contribution in [0.1, 0.15) is 38.3 Å². The van der Waals surface area contributed by atoms with E-state index in [0.717, 1.165) is 11.0 Å². The average Bonchev–Trinajstić information content (AvgIpc) is 2.96. The molecule has 3 aromatic rings. The lowest BCUT2D eigenvalue weighted by atomic mass is 10.1. The third-order valence-corrected chi connectivity index (χ3v) is 9.41. The number of carbonyl (C=O) groups is 2. The Morgan fingerprint density at radius 1 is 0.909 bits per heavy atom. The van der Waals surface area contributed by atoms with E-state index in [0.29, 0.717) is 28.5 Å². The predicted octanol–water partition coefficient (Wildman–Crippen LogP) is 7.44. The van der Waals surface area contributed by atoms with E-state index >= 15 is 0 Å². The van der Waals surface area contributed by atoms with Crippen molar-refractivity contribution in [1.29, 1.82) is 0 Å². The topological polar surface area (TPSA) is 86.8 Å². The van der Waals surface area contributed by atoms with E-state index in [1.54, 1.807) is 31.2 Å². The number of alkyl halides is 3. The molecule has 2 amide bonds. The molecule has 3 aromatic carbocycles. The van der Waals surface area contributed by atoms with Gasteiger partial charge in [-0.1, -0.05) is 79.8 Å². The summed E-state index contributed by atoms with van der Waals surface area (Å²) in [6.45, 7) is 4.46. The van der Waals surface area contributed by atoms with Crippen LogP contribution in [0.15, 0.2) is 71.6 Å². The Bertz CT molecular complexity index is 1570. The second-order valence-corrected chi connectivity index (χ2v) is 13.4. The number of hydrogen-bond acceptors (Lipinski definition) is 4. The van der Waals surface area contributed by atoms with Crippen LogP contribution in [-0.4, -0.2) is 44.3 Å². The highest BCUT2D eigenvalue weighted by molar-refractivity contribution is 7.92. The van der Waals surface area contributed by atoms with Crippen molar-refractivity contribution >= 4 is 62.3 Å². The number of benzene rings is 3. The maximum Gasteiger partial charge on any atom is 0.416 e. The van der Waals surface area contributed by atoms with Crippen molar-refractivity contribution in [2.45, 2.75) is 50.9 Å². The van der Waals surface area contributed by atoms with Gasteiger partial charge >= 0.3 is 6.18 Å². The molecule has 0 heterocycles. The standard InChI is InChI=1S/C30H31Cl3F3N3O4S/c1-4-26(29(41)37-16-19(2)3)38(17-22-23(31)11-8-12-24(22)32)28(40)18-39(44(42,43)21-9-6-5-7-10-21)27-15-20(30(34,35)36)13-14-25(27)33/h5-15,19,26H,4,16-18H2,1-3H3,(H,37,41)/t26-/m0/s1. The van der Waals surface area contributed by atoms with Gasteiger partial charge in [-0.15, -0.1) is 0 Å². The quantitative estimate of drug-likeness (QED) is 0.214. The van der Waals surface area contributed by atoms with Crippen molar-refractivity contribution < 1.29 is 31.2 Å². The minimum atomic E-state index is -4.83. The summed E-state index contributed by atoms with van der Waals surface area (Å²) < 4.78 is 69.5. The molecule has 0 aromatic heterocycles. The molecule has 0 fully saturated rings. The predicted molar refractivity (Wildman–Crippen MR) is 166 cm³/mol. The molecule has 14 heteroatoms. The maximum atomic E-state index is 14.2. The smallest absolute Gasteiger partial charge is 0.354 e. The second kappa shape index (κ2) is 14.9. The van der Waals surface area contributed by atoms with Gasteiger partial charge in [-0.3, -0.25) is 13.9 Å². The third-order valence-electron chi connectivity index (χ3n) is 6.61. The van der Waals surface area contributed by atoms with Gasteiger partial charge in [0.2, 0.25) is 11.8 Å². The lowest BCUT2D eigenvalue weighted by Crippen LogP contribution is -2.52. The van der Waals surface area contributed by atoms with Crippen molar-refractivity contribution in [3.63, 3.8) is 0 Å². The van der Waals surface area contributed by atoms with E-state index < -0.39 is 51.9 Å². The summed E-state index contributed by atoms with van der Waals surface area (Å²) in [5.74, 6) is -1.32. The SMILES string of the molecule is CC[C@@H](C(=O)NCC(C)C)N(Cc1c(Cl)cccc1Cl)C(=O)CN(c1cc(C(F)(F)F)ccc1Cl)S(=O)(=O)c1ccccc1. The monoisotopic (exact) mass is 691 g/mol. The van der Waals surface area contributed by atoms with E-state index in [-0.39, 0.29) is 38.8 Å². The molecule has 1 atom stereocenters. The third kappa shape index (κ3) is 8.59. The van der Waals surface area contributed by atoms with E-state index in [1.807, 2.05) is 13.8 Å². The van der Waals surface area contributed by atoms with E-state index in [1.165, 1.54) is 24.3 Å². The van der Waals surface area contributed by atoms with Crippen LogP contribution < -0.4 is 9.62 Å². The molecule has 1 N–H and O–H groups in total. The zero-order chi connectivity index (χ0) is 32.8. The van der Waals surface area contributed by atoms with Crippen molar-refractivity contribution in [1.82, 2.24) is 10.2 Å². The van der Waals surface area contributed by atoms with Crippen LogP contribution in [0.2, 0.25) is 15.1 Å². The Balaban J connectivity index is 2.18. The lowest BCUT2D eigenvalue weighted by Gasteiger charge is -2.34. The number of amides is 2. The fraction of sp³-hybridized carbons (Fsp3) is 0.333. The van der Waals surface area contributed by atoms with Gasteiger partial charge in [0, 0.05) is 28.7 Å². The van der Waals surface area contributed by atoms with Crippen LogP contribution in [0.3, 0.4) is 0 Å². The largest absolute Gasteiger partial charge is 0.416 e. The number of halogens is 6. The first-order valence-electron chi connectivity index (χ1n) is 13.5. The molecule has 0 saturated heterocycles. The first-order valence-corrected chi connectivity index (χ1v) is 16.1. The van der Waals surface area contributed by atoms with Gasteiger partial charge in [0.15, 0.2) is 0 Å². The summed E-state index contributed by atoms with van der Waals surface area (Å²) in [6.07, 6.45) is -4.71. The van der Waals surface area contributed by atoms with Gasteiger partial charge in [-0.2, -0.15) is 13.2 Å². The first kappa shape index (κ1) is 35.5. The van der Waals surface area contributed by atoms with Gasteiger partial charge < -0.3 is 10.2 Å². The van der Waals surface area contributed by atoms with Gasteiger partial charge in [-0.05, 0) is 54.8 Å². The summed E-state index contributed by atoms with van der Waals surface area (Å²) in [5, 5.41) is 2.83. The highest BCUT2D eigenvalue weighted by Crippen LogP contribution is 2.37. The van der Waals surface area contributed by atoms with Crippen molar-refractivity contribution in [2.24, 2.45) is 5.92 Å². The zero-order valence-corrected chi connectivity index (χ0v) is 27.1. The molecule has 0 unspecified atom stereocenters. The minimum Gasteiger partial charge on any atom is -0.354 e. The molecule has 0 radical (unpaired) electrons. The fourth-order valence-corrected chi connectivity index (χ4v) is 6.54. The summed E-state index contributed by atoms with van der Waals surface area (Å²) in [4.78, 5) is 28.3. The summed E-state index contributed by atoms with van der Waals surface area (Å²) in [7, 11) is -4.65. The van der Waals surface area contributed by atoms with Crippen LogP contribution in [-0.2, 0) is 32.3 Å². The number of rotatable bonds is 12. The Kier molecular flexibility index (Phi) is 12.0. The molecular formula is C30H31Cl3F3N3O4S. The molecule has 0 bridgehead atoms. The molecular weight excluding hydrogens is 662 g/mol. The van der Waals surface area contributed by atoms with E-state index in [9.17, 15) is 31.2 Å². The van der Waals surface area contributed by atoms with Crippen LogP contribution in [0, 0.1) is 5.92 Å². The minimum absolute atomic E-state index is 0.0909. The molecule has 44 heavy (non-hydrogen) atoms. The molecule has 0 aliphatic carbocycles. The lowest BCUT2D eigenvalue weighted by molar-refractivity contribution is -0.140. The van der Waals surface area contributed by atoms with Crippen LogP contribution in [0.5, 0.6) is 0 Å². The van der Waals surface area contributed by atoms with Gasteiger partial charge in [0.25, 0.3) is 10.0 Å². The Morgan fingerprint density at radius 3 is 2.07 bits per heavy atom. The van der Waals surface area contributed by atoms with Crippen LogP contribution in [0.4, 0.5) is 18.9 Å². The van der Waals surface area contributed by atoms with Crippen molar-refractivity contribution in [2.75, 3.05) is 17.4 Å². The number of nitrogens with one attached hydrogen (secondary N) is 1. The molecule has 0 spiro atoms. The van der Waals surface area contributed by atoms with E-state index in [4.69, 9.17) is 34.8 Å². The van der Waals surface area contributed by atoms with Crippen molar-refractivity contribution in [3.05, 3.63) is 92.9 Å². The Morgan fingerprint density at radius 2 is 1.52 bits per heavy atom. The van der Waals surface area contributed by atoms with E-state index in [2.05, 4.69) is 5.32 Å². The molecule has 238 valence electrons. The van der Waals surface area contributed by atoms with Gasteiger partial charge in [0.05, 0.1) is 21.2 Å². The average molecular weight is 693 g/mol. The number of carbonyl (C=O) groups excluding carboxylic acids is 2. The number of sulfonamides is 1. The van der Waals surface area contributed by atoms with Gasteiger partial charge in [-0.25, -0.2) is 8.42 Å². The number of nitrogens with zero attached hydrogens (tertiary/aromatic N) is 2. The Hall–Kier alpha value is -2.99. The molecule has 0 aliphatic heterocycles.